The van der Waals surface area contributed by atoms with Gasteiger partial charge in [-0.3, -0.25) is 0 Å². The lowest BCUT2D eigenvalue weighted by Gasteiger charge is -2.15. The summed E-state index contributed by atoms with van der Waals surface area (Å²) in [5, 5.41) is 4.46. The van der Waals surface area contributed by atoms with E-state index in [2.05, 4.69) is 10.3 Å². The third kappa shape index (κ3) is 2.99. The van der Waals surface area contributed by atoms with Gasteiger partial charge in [0.2, 0.25) is 0 Å². The molecule has 1 N–H and O–H groups in total. The molecule has 0 aliphatic heterocycles. The number of anilines is 2. The molecule has 0 spiro atoms. The molecule has 0 radical (unpaired) electrons. The van der Waals surface area contributed by atoms with Crippen LogP contribution in [-0.2, 0) is 6.54 Å². The quantitative estimate of drug-likeness (QED) is 0.912. The van der Waals surface area contributed by atoms with Crippen LogP contribution >= 0.6 is 11.3 Å². The lowest BCUT2D eigenvalue weighted by molar-refractivity contribution is 0.628. The fraction of sp³-hybridized carbons (Fsp3) is 0.400. The first-order valence-corrected chi connectivity index (χ1v) is 7.64. The van der Waals surface area contributed by atoms with Crippen LogP contribution in [0.15, 0.2) is 24.3 Å². The van der Waals surface area contributed by atoms with Crippen molar-refractivity contribution in [3.63, 3.8) is 0 Å². The molecule has 1 aromatic heterocycles. The summed E-state index contributed by atoms with van der Waals surface area (Å²) in [6.45, 7) is 2.94. The molecule has 1 fully saturated rings. The fourth-order valence-corrected chi connectivity index (χ4v) is 3.01. The minimum Gasteiger partial charge on any atom is -0.321 e. The Kier molecular flexibility index (Phi) is 3.72. The first-order chi connectivity index (χ1) is 9.63. The van der Waals surface area contributed by atoms with Gasteiger partial charge in [0.05, 0.1) is 5.69 Å². The third-order valence-electron chi connectivity index (χ3n) is 3.51. The van der Waals surface area contributed by atoms with Gasteiger partial charge in [-0.25, -0.2) is 9.37 Å². The van der Waals surface area contributed by atoms with Crippen molar-refractivity contribution in [3.8, 4) is 0 Å². The summed E-state index contributed by atoms with van der Waals surface area (Å²) in [6, 6.07) is 7.20. The maximum absolute atomic E-state index is 13.0. The summed E-state index contributed by atoms with van der Waals surface area (Å²) in [6.07, 6.45) is 2.58. The number of aryl methyl sites for hydroxylation is 1. The van der Waals surface area contributed by atoms with Crippen molar-refractivity contribution in [1.82, 2.24) is 10.3 Å². The second-order valence-corrected chi connectivity index (χ2v) is 6.26. The molecular weight excluding hydrogens is 273 g/mol. The van der Waals surface area contributed by atoms with Crippen molar-refractivity contribution in [3.05, 3.63) is 40.7 Å². The Morgan fingerprint density at radius 1 is 1.35 bits per heavy atom. The number of nitrogens with one attached hydrogen (secondary N) is 1. The molecule has 5 heteroatoms. The number of halogens is 1. The molecule has 3 rings (SSSR count). The molecule has 1 saturated carbocycles. The Bertz CT molecular complexity index is 590. The van der Waals surface area contributed by atoms with E-state index in [9.17, 15) is 4.39 Å². The minimum atomic E-state index is -0.216. The average Bonchev–Trinajstić information content (AvgIpc) is 3.20. The zero-order valence-corrected chi connectivity index (χ0v) is 12.5. The van der Waals surface area contributed by atoms with E-state index in [1.807, 2.05) is 18.9 Å². The maximum atomic E-state index is 13.0. The van der Waals surface area contributed by atoms with E-state index in [-0.39, 0.29) is 5.82 Å². The van der Waals surface area contributed by atoms with Crippen molar-refractivity contribution in [1.29, 1.82) is 0 Å². The monoisotopic (exact) mass is 291 g/mol. The van der Waals surface area contributed by atoms with Gasteiger partial charge < -0.3 is 10.2 Å². The molecule has 3 nitrogen and oxygen atoms in total. The van der Waals surface area contributed by atoms with Crippen molar-refractivity contribution < 1.29 is 4.39 Å². The fourth-order valence-electron chi connectivity index (χ4n) is 2.02. The normalized spacial score (nSPS) is 14.6. The summed E-state index contributed by atoms with van der Waals surface area (Å²) < 4.78 is 13.0. The van der Waals surface area contributed by atoms with Gasteiger partial charge in [-0.15, -0.1) is 0 Å². The average molecular weight is 291 g/mol. The van der Waals surface area contributed by atoms with Crippen LogP contribution in [0.4, 0.5) is 15.2 Å². The predicted molar refractivity (Wildman–Crippen MR) is 81.2 cm³/mol. The van der Waals surface area contributed by atoms with Gasteiger partial charge in [-0.05, 0) is 44.0 Å². The molecule has 0 amide bonds. The molecule has 0 bridgehead atoms. The number of hydrogen-bond acceptors (Lipinski definition) is 4. The van der Waals surface area contributed by atoms with Crippen molar-refractivity contribution in [2.45, 2.75) is 32.4 Å². The lowest BCUT2D eigenvalue weighted by atomic mass is 10.3. The van der Waals surface area contributed by atoms with Crippen LogP contribution in [0.1, 0.15) is 23.4 Å². The van der Waals surface area contributed by atoms with Crippen LogP contribution < -0.4 is 10.2 Å². The summed E-state index contributed by atoms with van der Waals surface area (Å²) in [5.74, 6) is -0.216. The van der Waals surface area contributed by atoms with Crippen molar-refractivity contribution >= 4 is 22.2 Å². The highest BCUT2D eigenvalue weighted by atomic mass is 32.1. The summed E-state index contributed by atoms with van der Waals surface area (Å²) in [5.41, 5.74) is 2.02. The van der Waals surface area contributed by atoms with Crippen LogP contribution in [0.25, 0.3) is 0 Å². The number of hydrogen-bond donors (Lipinski definition) is 1. The first-order valence-electron chi connectivity index (χ1n) is 6.82. The summed E-state index contributed by atoms with van der Waals surface area (Å²) in [7, 11) is 1.96. The number of nitrogens with zero attached hydrogens (tertiary/aromatic N) is 2. The maximum Gasteiger partial charge on any atom is 0.190 e. The molecule has 0 unspecified atom stereocenters. The number of rotatable bonds is 5. The summed E-state index contributed by atoms with van der Waals surface area (Å²) >= 11 is 1.69. The summed E-state index contributed by atoms with van der Waals surface area (Å²) in [4.78, 5) is 7.89. The van der Waals surface area contributed by atoms with Crippen molar-refractivity contribution in [2.75, 3.05) is 11.9 Å². The lowest BCUT2D eigenvalue weighted by Crippen LogP contribution is -2.14. The van der Waals surface area contributed by atoms with Crippen LogP contribution in [0, 0.1) is 12.7 Å². The molecule has 106 valence electrons. The van der Waals surface area contributed by atoms with Crippen LogP contribution in [0.3, 0.4) is 0 Å². The van der Waals surface area contributed by atoms with Crippen LogP contribution in [0.5, 0.6) is 0 Å². The zero-order valence-electron chi connectivity index (χ0n) is 11.7. The van der Waals surface area contributed by atoms with E-state index in [1.165, 1.54) is 29.9 Å². The predicted octanol–water partition coefficient (Wildman–Crippen LogP) is 3.61. The van der Waals surface area contributed by atoms with Gasteiger partial charge in [0.15, 0.2) is 5.13 Å². The molecule has 2 aromatic rings. The molecule has 1 heterocycles. The molecule has 20 heavy (non-hydrogen) atoms. The molecule has 0 saturated heterocycles. The molecule has 1 aliphatic carbocycles. The Labute approximate surface area is 122 Å². The topological polar surface area (TPSA) is 28.2 Å². The van der Waals surface area contributed by atoms with Gasteiger partial charge in [0.1, 0.15) is 5.82 Å². The smallest absolute Gasteiger partial charge is 0.190 e. The Hall–Kier alpha value is -1.46. The first kappa shape index (κ1) is 13.5. The highest BCUT2D eigenvalue weighted by Crippen LogP contribution is 2.31. The third-order valence-corrected chi connectivity index (χ3v) is 4.74. The van der Waals surface area contributed by atoms with Gasteiger partial charge in [0, 0.05) is 30.2 Å². The SMILES string of the molecule is Cc1nc(N(C)c2ccc(F)cc2)sc1CNC1CC1. The molecule has 1 aromatic carbocycles. The minimum absolute atomic E-state index is 0.216. The van der Waals surface area contributed by atoms with E-state index in [4.69, 9.17) is 0 Å². The largest absolute Gasteiger partial charge is 0.321 e. The van der Waals surface area contributed by atoms with Crippen molar-refractivity contribution in [2.24, 2.45) is 0 Å². The van der Waals surface area contributed by atoms with Crippen LogP contribution in [-0.4, -0.2) is 18.1 Å². The Morgan fingerprint density at radius 3 is 2.70 bits per heavy atom. The second kappa shape index (κ2) is 5.50. The van der Waals surface area contributed by atoms with E-state index in [1.54, 1.807) is 23.5 Å². The highest BCUT2D eigenvalue weighted by Gasteiger charge is 2.21. The van der Waals surface area contributed by atoms with Gasteiger partial charge in [-0.1, -0.05) is 11.3 Å². The van der Waals surface area contributed by atoms with E-state index in [0.717, 1.165) is 23.1 Å². The zero-order chi connectivity index (χ0) is 14.1. The van der Waals surface area contributed by atoms with Gasteiger partial charge in [-0.2, -0.15) is 0 Å². The second-order valence-electron chi connectivity index (χ2n) is 5.20. The number of aromatic nitrogens is 1. The number of benzene rings is 1. The van der Waals surface area contributed by atoms with E-state index < -0.39 is 0 Å². The van der Waals surface area contributed by atoms with E-state index in [0.29, 0.717) is 6.04 Å². The standard InChI is InChI=1S/C15H18FN3S/c1-10-14(9-17-12-5-6-12)20-15(18-10)19(2)13-7-3-11(16)4-8-13/h3-4,7-8,12,17H,5-6,9H2,1-2H3. The van der Waals surface area contributed by atoms with Crippen LogP contribution in [0.2, 0.25) is 0 Å². The van der Waals surface area contributed by atoms with E-state index >= 15 is 0 Å². The highest BCUT2D eigenvalue weighted by molar-refractivity contribution is 7.15. The molecule has 1 aliphatic rings. The molecule has 0 atom stereocenters. The Morgan fingerprint density at radius 2 is 2.05 bits per heavy atom. The van der Waals surface area contributed by atoms with Gasteiger partial charge in [0.25, 0.3) is 0 Å². The Balaban J connectivity index is 1.75. The number of thiazole rings is 1. The van der Waals surface area contributed by atoms with Gasteiger partial charge >= 0.3 is 0 Å². The molecular formula is C15H18FN3S.